The molecule has 0 aliphatic rings. The molecule has 0 aliphatic heterocycles. The van der Waals surface area contributed by atoms with Crippen LogP contribution in [0.4, 0.5) is 0 Å². The fourth-order valence-corrected chi connectivity index (χ4v) is 4.19. The van der Waals surface area contributed by atoms with Crippen molar-refractivity contribution in [3.63, 3.8) is 0 Å². The van der Waals surface area contributed by atoms with Crippen molar-refractivity contribution in [2.24, 2.45) is 5.73 Å². The topological polar surface area (TPSA) is 176 Å². The third-order valence-electron chi connectivity index (χ3n) is 5.22. The molecule has 0 spiro atoms. The fourth-order valence-electron chi connectivity index (χ4n) is 3.31. The molecule has 0 saturated carbocycles. The largest absolute Gasteiger partial charge is 0.481 e. The minimum Gasteiger partial charge on any atom is -0.481 e. The minimum absolute atomic E-state index is 0.0621. The van der Waals surface area contributed by atoms with Crippen LogP contribution in [0, 0.1) is 6.92 Å². The van der Waals surface area contributed by atoms with Gasteiger partial charge in [0.2, 0.25) is 17.7 Å². The number of aryl methyl sites for hydroxylation is 2. The van der Waals surface area contributed by atoms with E-state index in [9.17, 15) is 24.0 Å². The summed E-state index contributed by atoms with van der Waals surface area (Å²) in [6.45, 7) is 2.04. The van der Waals surface area contributed by atoms with E-state index in [1.807, 2.05) is 37.3 Å². The summed E-state index contributed by atoms with van der Waals surface area (Å²) in [5.41, 5.74) is 7.23. The number of nitrogens with two attached hydrogens (primary N) is 1. The van der Waals surface area contributed by atoms with Crippen molar-refractivity contribution in [2.75, 3.05) is 0 Å². The van der Waals surface area contributed by atoms with E-state index in [-0.39, 0.29) is 19.3 Å². The highest BCUT2D eigenvalue weighted by molar-refractivity contribution is 7.15. The lowest BCUT2D eigenvalue weighted by Crippen LogP contribution is -2.53. The molecule has 3 amide bonds. The summed E-state index contributed by atoms with van der Waals surface area (Å²) in [5.74, 6) is -4.52. The van der Waals surface area contributed by atoms with Gasteiger partial charge in [-0.25, -0.2) is 0 Å². The normalized spacial score (nSPS) is 12.4. The molecule has 2 rings (SSSR count). The van der Waals surface area contributed by atoms with E-state index in [0.717, 1.165) is 16.0 Å². The van der Waals surface area contributed by atoms with Crippen LogP contribution in [0.3, 0.4) is 0 Å². The molecular formula is C24H29N3O7S. The predicted molar refractivity (Wildman–Crippen MR) is 130 cm³/mol. The SMILES string of the molecule is Cc1ccc(-c2ccc(CCC(=O)NC(CCC(=O)O)C(=O)NC(CCC(=O)O)C(N)=O)cc2)s1. The standard InChI is InChI=1S/C24H29N3O7S/c1-14-2-10-19(35-14)16-6-3-15(4-7-16)5-11-20(28)26-18(9-13-22(31)32)24(34)27-17(23(25)33)8-12-21(29)30/h2-4,6-7,10,17-18H,5,8-9,11-13H2,1H3,(H2,25,33)(H,26,28)(H,27,34)(H,29,30)(H,31,32). The Balaban J connectivity index is 1.96. The Hall–Kier alpha value is -3.73. The maximum absolute atomic E-state index is 12.6. The van der Waals surface area contributed by atoms with Gasteiger partial charge in [-0.15, -0.1) is 11.3 Å². The summed E-state index contributed by atoms with van der Waals surface area (Å²) in [4.78, 5) is 60.8. The molecular weight excluding hydrogens is 474 g/mol. The van der Waals surface area contributed by atoms with Gasteiger partial charge in [-0.05, 0) is 49.4 Å². The lowest BCUT2D eigenvalue weighted by molar-refractivity contribution is -0.139. The average molecular weight is 504 g/mol. The summed E-state index contributed by atoms with van der Waals surface area (Å²) in [5, 5.41) is 22.6. The van der Waals surface area contributed by atoms with Crippen LogP contribution < -0.4 is 16.4 Å². The molecule has 6 N–H and O–H groups in total. The van der Waals surface area contributed by atoms with Gasteiger partial charge in [0, 0.05) is 29.0 Å². The summed E-state index contributed by atoms with van der Waals surface area (Å²) >= 11 is 1.69. The second-order valence-corrected chi connectivity index (χ2v) is 9.34. The number of carbonyl (C=O) groups is 5. The first-order valence-corrected chi connectivity index (χ1v) is 11.8. The molecule has 0 radical (unpaired) electrons. The van der Waals surface area contributed by atoms with Crippen LogP contribution in [0.5, 0.6) is 0 Å². The first-order chi connectivity index (χ1) is 16.5. The molecule has 0 saturated heterocycles. The summed E-state index contributed by atoms with van der Waals surface area (Å²) < 4.78 is 0. The molecule has 0 aliphatic carbocycles. The van der Waals surface area contributed by atoms with Crippen LogP contribution in [0.25, 0.3) is 10.4 Å². The smallest absolute Gasteiger partial charge is 0.303 e. The van der Waals surface area contributed by atoms with Gasteiger partial charge in [0.05, 0.1) is 0 Å². The van der Waals surface area contributed by atoms with Crippen molar-refractivity contribution in [3.05, 3.63) is 46.8 Å². The Bertz CT molecular complexity index is 1070. The Labute approximate surface area is 206 Å². The monoisotopic (exact) mass is 503 g/mol. The molecule has 2 aromatic rings. The van der Waals surface area contributed by atoms with E-state index >= 15 is 0 Å². The number of benzene rings is 1. The Morgan fingerprint density at radius 2 is 1.46 bits per heavy atom. The van der Waals surface area contributed by atoms with E-state index in [2.05, 4.69) is 16.7 Å². The third-order valence-corrected chi connectivity index (χ3v) is 6.27. The first kappa shape index (κ1) is 27.5. The van der Waals surface area contributed by atoms with Gasteiger partial charge in [-0.3, -0.25) is 24.0 Å². The molecule has 188 valence electrons. The number of nitrogens with one attached hydrogen (secondary N) is 2. The summed E-state index contributed by atoms with van der Waals surface area (Å²) in [6.07, 6.45) is -0.745. The molecule has 11 heteroatoms. The highest BCUT2D eigenvalue weighted by atomic mass is 32.1. The second-order valence-electron chi connectivity index (χ2n) is 8.06. The van der Waals surface area contributed by atoms with Gasteiger partial charge in [0.1, 0.15) is 12.1 Å². The predicted octanol–water partition coefficient (Wildman–Crippen LogP) is 1.84. The summed E-state index contributed by atoms with van der Waals surface area (Å²) in [6, 6.07) is 9.43. The molecule has 0 fully saturated rings. The van der Waals surface area contributed by atoms with Crippen LogP contribution in [0.2, 0.25) is 0 Å². The zero-order valence-corrected chi connectivity index (χ0v) is 20.1. The minimum atomic E-state index is -1.26. The van der Waals surface area contributed by atoms with Crippen molar-refractivity contribution in [2.45, 2.75) is 57.5 Å². The highest BCUT2D eigenvalue weighted by Crippen LogP contribution is 2.27. The lowest BCUT2D eigenvalue weighted by Gasteiger charge is -2.21. The molecule has 1 aromatic heterocycles. The van der Waals surface area contributed by atoms with Gasteiger partial charge in [0.25, 0.3) is 0 Å². The lowest BCUT2D eigenvalue weighted by atomic mass is 10.0. The third kappa shape index (κ3) is 9.57. The van der Waals surface area contributed by atoms with Crippen LogP contribution >= 0.6 is 11.3 Å². The first-order valence-electron chi connectivity index (χ1n) is 11.0. The molecule has 2 unspecified atom stereocenters. The number of aliphatic carboxylic acids is 2. The number of carbonyl (C=O) groups excluding carboxylic acids is 3. The molecule has 2 atom stereocenters. The maximum Gasteiger partial charge on any atom is 0.303 e. The number of hydrogen-bond acceptors (Lipinski definition) is 6. The number of hydrogen-bond donors (Lipinski definition) is 5. The fraction of sp³-hybridized carbons (Fsp3) is 0.375. The van der Waals surface area contributed by atoms with E-state index in [1.54, 1.807) is 11.3 Å². The van der Waals surface area contributed by atoms with Crippen LogP contribution in [0.1, 0.15) is 42.5 Å². The highest BCUT2D eigenvalue weighted by Gasteiger charge is 2.26. The zero-order valence-electron chi connectivity index (χ0n) is 19.3. The second kappa shape index (κ2) is 13.2. The van der Waals surface area contributed by atoms with Crippen molar-refractivity contribution in [1.82, 2.24) is 10.6 Å². The molecule has 1 aromatic carbocycles. The van der Waals surface area contributed by atoms with Gasteiger partial charge in [-0.2, -0.15) is 0 Å². The molecule has 1 heterocycles. The van der Waals surface area contributed by atoms with Crippen LogP contribution in [0.15, 0.2) is 36.4 Å². The Kier molecular flexibility index (Phi) is 10.4. The average Bonchev–Trinajstić information content (AvgIpc) is 3.23. The Morgan fingerprint density at radius 1 is 0.857 bits per heavy atom. The van der Waals surface area contributed by atoms with E-state index in [0.29, 0.717) is 6.42 Å². The van der Waals surface area contributed by atoms with Crippen molar-refractivity contribution in [3.8, 4) is 10.4 Å². The molecule has 10 nitrogen and oxygen atoms in total. The van der Waals surface area contributed by atoms with Crippen LogP contribution in [-0.2, 0) is 30.4 Å². The van der Waals surface area contributed by atoms with E-state index < -0.39 is 54.6 Å². The number of carboxylic acid groups (broad SMARTS) is 2. The maximum atomic E-state index is 12.6. The quantitative estimate of drug-likeness (QED) is 0.261. The zero-order chi connectivity index (χ0) is 26.0. The Morgan fingerprint density at radius 3 is 1.97 bits per heavy atom. The molecule has 0 bridgehead atoms. The van der Waals surface area contributed by atoms with Gasteiger partial charge in [0.15, 0.2) is 0 Å². The van der Waals surface area contributed by atoms with Crippen molar-refractivity contribution < 1.29 is 34.2 Å². The molecule has 35 heavy (non-hydrogen) atoms. The number of thiophene rings is 1. The van der Waals surface area contributed by atoms with Crippen molar-refractivity contribution in [1.29, 1.82) is 0 Å². The number of primary amides is 1. The van der Waals surface area contributed by atoms with Gasteiger partial charge >= 0.3 is 11.9 Å². The van der Waals surface area contributed by atoms with E-state index in [4.69, 9.17) is 15.9 Å². The van der Waals surface area contributed by atoms with Crippen LogP contribution in [-0.4, -0.2) is 52.0 Å². The van der Waals surface area contributed by atoms with Gasteiger partial charge < -0.3 is 26.6 Å². The van der Waals surface area contributed by atoms with E-state index in [1.165, 1.54) is 4.88 Å². The van der Waals surface area contributed by atoms with Crippen molar-refractivity contribution >= 4 is 41.0 Å². The van der Waals surface area contributed by atoms with Gasteiger partial charge in [-0.1, -0.05) is 24.3 Å². The number of rotatable bonds is 14. The number of carboxylic acids is 2. The number of amides is 3. The summed E-state index contributed by atoms with van der Waals surface area (Å²) in [7, 11) is 0.